The van der Waals surface area contributed by atoms with Gasteiger partial charge in [0.25, 0.3) is 5.91 Å². The molecule has 3 aromatic rings. The summed E-state index contributed by atoms with van der Waals surface area (Å²) < 4.78 is 37.1. The van der Waals surface area contributed by atoms with Gasteiger partial charge in [-0.25, -0.2) is 8.42 Å². The summed E-state index contributed by atoms with van der Waals surface area (Å²) in [4.78, 5) is 12.6. The third-order valence-corrected chi connectivity index (χ3v) is 6.27. The largest absolute Gasteiger partial charge is 0.491 e. The minimum absolute atomic E-state index is 0.137. The Morgan fingerprint density at radius 2 is 1.97 bits per heavy atom. The molecule has 1 heterocycles. The number of ether oxygens (including phenoxy) is 2. The van der Waals surface area contributed by atoms with Crippen LogP contribution in [0.15, 0.2) is 60.7 Å². The van der Waals surface area contributed by atoms with Gasteiger partial charge in [-0.2, -0.15) is 0 Å². The van der Waals surface area contributed by atoms with E-state index in [9.17, 15) is 13.2 Å². The van der Waals surface area contributed by atoms with E-state index in [0.29, 0.717) is 10.7 Å². The fourth-order valence-electron chi connectivity index (χ4n) is 3.45. The van der Waals surface area contributed by atoms with Crippen LogP contribution in [0.3, 0.4) is 0 Å². The molecule has 1 amide bonds. The van der Waals surface area contributed by atoms with Gasteiger partial charge in [-0.1, -0.05) is 48.0 Å². The minimum atomic E-state index is -3.61. The number of hydrogen-bond acceptors (Lipinski definition) is 5. The van der Waals surface area contributed by atoms with Crippen LogP contribution in [0, 0.1) is 0 Å². The number of anilines is 1. The number of carbonyl (C=O) groups is 1. The lowest BCUT2D eigenvalue weighted by Crippen LogP contribution is -2.51. The summed E-state index contributed by atoms with van der Waals surface area (Å²) in [5, 5.41) is 5.19. The molecule has 0 radical (unpaired) electrons. The number of halogens is 1. The molecule has 4 rings (SSSR count). The zero-order chi connectivity index (χ0) is 22.0. The molecule has 3 aromatic carbocycles. The van der Waals surface area contributed by atoms with Gasteiger partial charge in [-0.05, 0) is 29.7 Å². The standard InChI is InChI=1S/C22H21ClN2O5S/c1-31(27,28)25-14-21(30-20-10-9-16(23)13-18(20)25)22(26)24-11-12-29-19-8-4-6-15-5-2-3-7-17(15)19/h2-10,13,21H,11-12,14H2,1H3,(H,24,26). The number of benzene rings is 3. The van der Waals surface area contributed by atoms with Crippen molar-refractivity contribution in [2.45, 2.75) is 6.10 Å². The van der Waals surface area contributed by atoms with Gasteiger partial charge in [0, 0.05) is 10.4 Å². The van der Waals surface area contributed by atoms with Crippen LogP contribution in [0.5, 0.6) is 11.5 Å². The zero-order valence-corrected chi connectivity index (χ0v) is 18.3. The number of hydrogen-bond donors (Lipinski definition) is 1. The molecule has 162 valence electrons. The van der Waals surface area contributed by atoms with E-state index in [2.05, 4.69) is 5.32 Å². The summed E-state index contributed by atoms with van der Waals surface area (Å²) in [7, 11) is -3.61. The van der Waals surface area contributed by atoms with Crippen molar-refractivity contribution in [2.24, 2.45) is 0 Å². The first kappa shape index (κ1) is 21.3. The number of amides is 1. The monoisotopic (exact) mass is 460 g/mol. The van der Waals surface area contributed by atoms with Crippen molar-refractivity contribution >= 4 is 44.0 Å². The van der Waals surface area contributed by atoms with E-state index in [1.165, 1.54) is 6.07 Å². The Hall–Kier alpha value is -2.97. The summed E-state index contributed by atoms with van der Waals surface area (Å²) in [6.45, 7) is 0.366. The molecule has 9 heteroatoms. The molecule has 0 saturated heterocycles. The van der Waals surface area contributed by atoms with E-state index < -0.39 is 22.0 Å². The van der Waals surface area contributed by atoms with Crippen LogP contribution in [0.1, 0.15) is 0 Å². The fourth-order valence-corrected chi connectivity index (χ4v) is 4.52. The first-order chi connectivity index (χ1) is 14.8. The summed E-state index contributed by atoms with van der Waals surface area (Å²) in [5.74, 6) is 0.597. The van der Waals surface area contributed by atoms with E-state index in [1.807, 2.05) is 42.5 Å². The molecular formula is C22H21ClN2O5S. The van der Waals surface area contributed by atoms with Crippen molar-refractivity contribution in [3.63, 3.8) is 0 Å². The Balaban J connectivity index is 1.39. The Morgan fingerprint density at radius 3 is 2.77 bits per heavy atom. The molecule has 0 fully saturated rings. The van der Waals surface area contributed by atoms with E-state index in [4.69, 9.17) is 21.1 Å². The second-order valence-corrected chi connectivity index (χ2v) is 9.47. The van der Waals surface area contributed by atoms with Crippen molar-refractivity contribution in [1.82, 2.24) is 5.32 Å². The summed E-state index contributed by atoms with van der Waals surface area (Å²) in [5.41, 5.74) is 0.318. The number of nitrogens with one attached hydrogen (secondary N) is 1. The predicted molar refractivity (Wildman–Crippen MR) is 121 cm³/mol. The molecule has 1 atom stereocenters. The van der Waals surface area contributed by atoms with Crippen LogP contribution >= 0.6 is 11.6 Å². The maximum atomic E-state index is 12.6. The highest BCUT2D eigenvalue weighted by Gasteiger charge is 2.35. The summed E-state index contributed by atoms with van der Waals surface area (Å²) in [6, 6.07) is 18.3. The molecule has 0 saturated carbocycles. The van der Waals surface area contributed by atoms with Crippen LogP contribution in [-0.4, -0.2) is 46.4 Å². The first-order valence-electron chi connectivity index (χ1n) is 9.65. The van der Waals surface area contributed by atoms with Crippen molar-refractivity contribution in [1.29, 1.82) is 0 Å². The van der Waals surface area contributed by atoms with E-state index >= 15 is 0 Å². The Kier molecular flexibility index (Phi) is 5.93. The fraction of sp³-hybridized carbons (Fsp3) is 0.227. The zero-order valence-electron chi connectivity index (χ0n) is 16.7. The Bertz CT molecular complexity index is 1230. The topological polar surface area (TPSA) is 84.9 Å². The lowest BCUT2D eigenvalue weighted by Gasteiger charge is -2.34. The third-order valence-electron chi connectivity index (χ3n) is 4.89. The molecule has 1 aliphatic rings. The van der Waals surface area contributed by atoms with E-state index in [0.717, 1.165) is 27.1 Å². The van der Waals surface area contributed by atoms with Gasteiger partial charge in [-0.15, -0.1) is 0 Å². The van der Waals surface area contributed by atoms with Crippen LogP contribution in [-0.2, 0) is 14.8 Å². The van der Waals surface area contributed by atoms with E-state index in [1.54, 1.807) is 12.1 Å². The first-order valence-corrected chi connectivity index (χ1v) is 11.9. The second-order valence-electron chi connectivity index (χ2n) is 7.13. The lowest BCUT2D eigenvalue weighted by atomic mass is 10.1. The molecule has 0 aliphatic carbocycles. The quantitative estimate of drug-likeness (QED) is 0.571. The molecule has 31 heavy (non-hydrogen) atoms. The van der Waals surface area contributed by atoms with Gasteiger partial charge in [-0.3, -0.25) is 9.10 Å². The van der Waals surface area contributed by atoms with Crippen molar-refractivity contribution in [3.8, 4) is 11.5 Å². The molecule has 1 unspecified atom stereocenters. The highest BCUT2D eigenvalue weighted by atomic mass is 35.5. The second kappa shape index (κ2) is 8.64. The van der Waals surface area contributed by atoms with Gasteiger partial charge in [0.05, 0.1) is 25.0 Å². The number of nitrogens with zero attached hydrogens (tertiary/aromatic N) is 1. The third kappa shape index (κ3) is 4.70. The normalized spacial score (nSPS) is 15.8. The highest BCUT2D eigenvalue weighted by molar-refractivity contribution is 7.92. The summed E-state index contributed by atoms with van der Waals surface area (Å²) >= 11 is 5.99. The average Bonchev–Trinajstić information content (AvgIpc) is 2.75. The smallest absolute Gasteiger partial charge is 0.263 e. The van der Waals surface area contributed by atoms with Gasteiger partial charge in [0.2, 0.25) is 10.0 Å². The van der Waals surface area contributed by atoms with Crippen LogP contribution < -0.4 is 19.1 Å². The Morgan fingerprint density at radius 1 is 1.19 bits per heavy atom. The minimum Gasteiger partial charge on any atom is -0.491 e. The predicted octanol–water partition coefficient (Wildman–Crippen LogP) is 3.22. The molecule has 0 spiro atoms. The summed E-state index contributed by atoms with van der Waals surface area (Å²) in [6.07, 6.45) is 0.0941. The number of rotatable bonds is 6. The number of carbonyl (C=O) groups excluding carboxylic acids is 1. The highest BCUT2D eigenvalue weighted by Crippen LogP contribution is 2.37. The molecule has 1 N–H and O–H groups in total. The molecule has 1 aliphatic heterocycles. The molecule has 0 bridgehead atoms. The molecule has 7 nitrogen and oxygen atoms in total. The van der Waals surface area contributed by atoms with E-state index in [-0.39, 0.29) is 25.4 Å². The van der Waals surface area contributed by atoms with Gasteiger partial charge >= 0.3 is 0 Å². The average molecular weight is 461 g/mol. The van der Waals surface area contributed by atoms with Gasteiger partial charge < -0.3 is 14.8 Å². The van der Waals surface area contributed by atoms with Gasteiger partial charge in [0.1, 0.15) is 18.1 Å². The van der Waals surface area contributed by atoms with Crippen LogP contribution in [0.2, 0.25) is 5.02 Å². The van der Waals surface area contributed by atoms with Crippen molar-refractivity contribution in [2.75, 3.05) is 30.3 Å². The Labute approximate surface area is 185 Å². The maximum absolute atomic E-state index is 12.6. The number of sulfonamides is 1. The van der Waals surface area contributed by atoms with Crippen LogP contribution in [0.25, 0.3) is 10.8 Å². The number of fused-ring (bicyclic) bond motifs is 2. The van der Waals surface area contributed by atoms with Crippen molar-refractivity contribution < 1.29 is 22.7 Å². The van der Waals surface area contributed by atoms with Gasteiger partial charge in [0.15, 0.2) is 6.10 Å². The van der Waals surface area contributed by atoms with Crippen molar-refractivity contribution in [3.05, 3.63) is 65.7 Å². The SMILES string of the molecule is CS(=O)(=O)N1CC(C(=O)NCCOc2cccc3ccccc23)Oc2ccc(Cl)cc21. The van der Waals surface area contributed by atoms with Crippen LogP contribution in [0.4, 0.5) is 5.69 Å². The lowest BCUT2D eigenvalue weighted by molar-refractivity contribution is -0.127. The molecule has 0 aromatic heterocycles. The maximum Gasteiger partial charge on any atom is 0.263 e. The molecular weight excluding hydrogens is 440 g/mol.